The van der Waals surface area contributed by atoms with Gasteiger partial charge in [0.2, 0.25) is 11.1 Å². The fourth-order valence-electron chi connectivity index (χ4n) is 3.40. The van der Waals surface area contributed by atoms with Gasteiger partial charge >= 0.3 is 0 Å². The van der Waals surface area contributed by atoms with E-state index in [0.29, 0.717) is 33.9 Å². The highest BCUT2D eigenvalue weighted by Gasteiger charge is 2.33. The summed E-state index contributed by atoms with van der Waals surface area (Å²) in [6.07, 6.45) is -0.781. The molecule has 0 bridgehead atoms. The second-order valence-electron chi connectivity index (χ2n) is 7.01. The van der Waals surface area contributed by atoms with Crippen molar-refractivity contribution < 1.29 is 23.8 Å². The lowest BCUT2D eigenvalue weighted by atomic mass is 10.2. The Balaban J connectivity index is 1.48. The standard InChI is InChI=1S/C22H23N5O5S/c1-23-21(29)18-11-27(15-6-4-5-7-16(15)32-18)19(28)12-33-22-24-20(25-26-22)14-9-8-13(30-2)10-17(14)31-3/h4-10,18H,11-12H2,1-3H3,(H,23,29)(H,24,25,26). The van der Waals surface area contributed by atoms with Gasteiger partial charge in [0.1, 0.15) is 17.2 Å². The smallest absolute Gasteiger partial charge is 0.262 e. The number of aromatic nitrogens is 3. The van der Waals surface area contributed by atoms with Crippen molar-refractivity contribution >= 4 is 29.3 Å². The zero-order valence-corrected chi connectivity index (χ0v) is 19.1. The van der Waals surface area contributed by atoms with Crippen molar-refractivity contribution in [2.45, 2.75) is 11.3 Å². The van der Waals surface area contributed by atoms with E-state index in [9.17, 15) is 9.59 Å². The minimum atomic E-state index is -0.781. The monoisotopic (exact) mass is 469 g/mol. The van der Waals surface area contributed by atoms with Crippen LogP contribution in [0.3, 0.4) is 0 Å². The summed E-state index contributed by atoms with van der Waals surface area (Å²) in [5, 5.41) is 10.1. The number of carbonyl (C=O) groups excluding carboxylic acids is 2. The van der Waals surface area contributed by atoms with Crippen molar-refractivity contribution in [3.63, 3.8) is 0 Å². The highest BCUT2D eigenvalue weighted by Crippen LogP contribution is 2.34. The van der Waals surface area contributed by atoms with Crippen LogP contribution in [0.2, 0.25) is 0 Å². The van der Waals surface area contributed by atoms with Crippen LogP contribution >= 0.6 is 11.8 Å². The molecule has 0 fully saturated rings. The van der Waals surface area contributed by atoms with Gasteiger partial charge in [-0.25, -0.2) is 4.98 Å². The van der Waals surface area contributed by atoms with Crippen LogP contribution in [0.25, 0.3) is 11.4 Å². The quantitative estimate of drug-likeness (QED) is 0.505. The van der Waals surface area contributed by atoms with Crippen LogP contribution in [-0.2, 0) is 9.59 Å². The van der Waals surface area contributed by atoms with E-state index in [-0.39, 0.29) is 24.1 Å². The molecule has 0 radical (unpaired) electrons. The van der Waals surface area contributed by atoms with Crippen LogP contribution in [0, 0.1) is 0 Å². The molecule has 172 valence electrons. The molecule has 11 heteroatoms. The fraction of sp³-hybridized carbons (Fsp3) is 0.273. The summed E-state index contributed by atoms with van der Waals surface area (Å²) >= 11 is 1.20. The van der Waals surface area contributed by atoms with Gasteiger partial charge in [-0.05, 0) is 24.3 Å². The maximum absolute atomic E-state index is 13.1. The number of likely N-dealkylation sites (N-methyl/N-ethyl adjacent to an activating group) is 1. The average molecular weight is 470 g/mol. The lowest BCUT2D eigenvalue weighted by molar-refractivity contribution is -0.127. The largest absolute Gasteiger partial charge is 0.497 e. The van der Waals surface area contributed by atoms with Crippen LogP contribution in [0.1, 0.15) is 0 Å². The van der Waals surface area contributed by atoms with Crippen molar-refractivity contribution in [2.75, 3.05) is 38.5 Å². The third-order valence-corrected chi connectivity index (χ3v) is 5.90. The number of H-pyrrole nitrogens is 1. The molecule has 2 heterocycles. The Hall–Kier alpha value is -3.73. The van der Waals surface area contributed by atoms with Gasteiger partial charge < -0.3 is 24.4 Å². The molecule has 3 aromatic rings. The Morgan fingerprint density at radius 2 is 2.06 bits per heavy atom. The molecule has 0 spiro atoms. The number of nitrogens with one attached hydrogen (secondary N) is 2. The molecular weight excluding hydrogens is 446 g/mol. The SMILES string of the molecule is CNC(=O)C1CN(C(=O)CSc2n[nH]c(-c3ccc(OC)cc3OC)n2)c2ccccc2O1. The molecule has 10 nitrogen and oxygen atoms in total. The number of anilines is 1. The number of rotatable bonds is 7. The minimum absolute atomic E-state index is 0.0891. The van der Waals surface area contributed by atoms with Gasteiger partial charge in [0.15, 0.2) is 11.9 Å². The van der Waals surface area contributed by atoms with Gasteiger partial charge in [-0.1, -0.05) is 23.9 Å². The van der Waals surface area contributed by atoms with Crippen LogP contribution in [0.4, 0.5) is 5.69 Å². The van der Waals surface area contributed by atoms with Crippen LogP contribution in [0.5, 0.6) is 17.2 Å². The van der Waals surface area contributed by atoms with Gasteiger partial charge in [0.05, 0.1) is 37.8 Å². The van der Waals surface area contributed by atoms with Crippen molar-refractivity contribution in [1.82, 2.24) is 20.5 Å². The van der Waals surface area contributed by atoms with E-state index in [1.54, 1.807) is 49.5 Å². The van der Waals surface area contributed by atoms with Crippen molar-refractivity contribution in [3.8, 4) is 28.6 Å². The van der Waals surface area contributed by atoms with E-state index in [0.717, 1.165) is 5.56 Å². The number of nitrogens with zero attached hydrogens (tertiary/aromatic N) is 3. The van der Waals surface area contributed by atoms with Crippen LogP contribution < -0.4 is 24.4 Å². The number of benzene rings is 2. The summed E-state index contributed by atoms with van der Waals surface area (Å²) in [7, 11) is 4.68. The second kappa shape index (κ2) is 9.82. The number of amides is 2. The molecule has 0 aliphatic carbocycles. The Bertz CT molecular complexity index is 1170. The first-order chi connectivity index (χ1) is 16.0. The van der Waals surface area contributed by atoms with Crippen LogP contribution in [0.15, 0.2) is 47.6 Å². The summed E-state index contributed by atoms with van der Waals surface area (Å²) in [6, 6.07) is 12.5. The maximum Gasteiger partial charge on any atom is 0.262 e. The third kappa shape index (κ3) is 4.72. The zero-order chi connectivity index (χ0) is 23.4. The summed E-state index contributed by atoms with van der Waals surface area (Å²) in [5.41, 5.74) is 1.35. The molecule has 4 rings (SSSR count). The Morgan fingerprint density at radius 1 is 1.24 bits per heavy atom. The zero-order valence-electron chi connectivity index (χ0n) is 18.3. The Kier molecular flexibility index (Phi) is 6.68. The van der Waals surface area contributed by atoms with E-state index in [1.807, 2.05) is 12.1 Å². The first-order valence-corrected chi connectivity index (χ1v) is 11.1. The van der Waals surface area contributed by atoms with Gasteiger partial charge in [-0.15, -0.1) is 5.10 Å². The molecule has 2 amide bonds. The first kappa shape index (κ1) is 22.5. The van der Waals surface area contributed by atoms with E-state index in [2.05, 4.69) is 20.5 Å². The average Bonchev–Trinajstić information content (AvgIpc) is 3.34. The van der Waals surface area contributed by atoms with Gasteiger partial charge in [0.25, 0.3) is 5.91 Å². The molecule has 1 atom stereocenters. The molecule has 2 N–H and O–H groups in total. The number of ether oxygens (including phenoxy) is 3. The number of para-hydroxylation sites is 2. The van der Waals surface area contributed by atoms with Crippen molar-refractivity contribution in [3.05, 3.63) is 42.5 Å². The summed E-state index contributed by atoms with van der Waals surface area (Å²) in [4.78, 5) is 31.2. The van der Waals surface area contributed by atoms with Crippen molar-refractivity contribution in [2.24, 2.45) is 0 Å². The number of hydrogen-bond donors (Lipinski definition) is 2. The topological polar surface area (TPSA) is 119 Å². The number of carbonyl (C=O) groups is 2. The van der Waals surface area contributed by atoms with E-state index >= 15 is 0 Å². The van der Waals surface area contributed by atoms with Gasteiger partial charge in [-0.2, -0.15) is 0 Å². The molecule has 1 aromatic heterocycles. The highest BCUT2D eigenvalue weighted by atomic mass is 32.2. The van der Waals surface area contributed by atoms with Crippen molar-refractivity contribution in [1.29, 1.82) is 0 Å². The molecular formula is C22H23N5O5S. The van der Waals surface area contributed by atoms with Gasteiger partial charge in [0, 0.05) is 13.1 Å². The third-order valence-electron chi connectivity index (χ3n) is 5.07. The predicted molar refractivity (Wildman–Crippen MR) is 123 cm³/mol. The molecule has 0 saturated heterocycles. The molecule has 1 aliphatic rings. The number of thioether (sulfide) groups is 1. The molecule has 0 saturated carbocycles. The lowest BCUT2D eigenvalue weighted by Gasteiger charge is -2.33. The highest BCUT2D eigenvalue weighted by molar-refractivity contribution is 7.99. The van der Waals surface area contributed by atoms with E-state index in [1.165, 1.54) is 18.8 Å². The molecule has 1 unspecified atom stereocenters. The maximum atomic E-state index is 13.1. The molecule has 2 aromatic carbocycles. The second-order valence-corrected chi connectivity index (χ2v) is 7.96. The minimum Gasteiger partial charge on any atom is -0.497 e. The Morgan fingerprint density at radius 3 is 2.82 bits per heavy atom. The van der Waals surface area contributed by atoms with E-state index < -0.39 is 6.10 Å². The molecule has 33 heavy (non-hydrogen) atoms. The van der Waals surface area contributed by atoms with Crippen LogP contribution in [-0.4, -0.2) is 66.7 Å². The normalized spacial score (nSPS) is 14.8. The van der Waals surface area contributed by atoms with E-state index in [4.69, 9.17) is 14.2 Å². The first-order valence-electron chi connectivity index (χ1n) is 10.1. The summed E-state index contributed by atoms with van der Waals surface area (Å²) in [5.74, 6) is 1.87. The molecule has 1 aliphatic heterocycles. The summed E-state index contributed by atoms with van der Waals surface area (Å²) in [6.45, 7) is 0.123. The number of methoxy groups -OCH3 is 2. The van der Waals surface area contributed by atoms with Gasteiger partial charge in [-0.3, -0.25) is 14.7 Å². The fourth-order valence-corrected chi connectivity index (χ4v) is 4.07. The predicted octanol–water partition coefficient (Wildman–Crippen LogP) is 2.12. The lowest BCUT2D eigenvalue weighted by Crippen LogP contribution is -2.50. The Labute approximate surface area is 194 Å². The summed E-state index contributed by atoms with van der Waals surface area (Å²) < 4.78 is 16.4. The number of fused-ring (bicyclic) bond motifs is 1. The number of aromatic amines is 1. The number of hydrogen-bond acceptors (Lipinski definition) is 8.